The van der Waals surface area contributed by atoms with Gasteiger partial charge in [-0.25, -0.2) is 4.98 Å². The SMILES string of the molecule is Cc1ncsc1CCn1cc(NC(=O)[C@H](CC(C)C)N2C(=O)c3ccccc3C2=O)cn1. The van der Waals surface area contributed by atoms with Gasteiger partial charge >= 0.3 is 0 Å². The van der Waals surface area contributed by atoms with Crippen LogP contribution in [0.3, 0.4) is 0 Å². The van der Waals surface area contributed by atoms with Crippen LogP contribution >= 0.6 is 11.3 Å². The minimum absolute atomic E-state index is 0.112. The zero-order valence-electron chi connectivity index (χ0n) is 18.2. The predicted octanol–water partition coefficient (Wildman–Crippen LogP) is 3.54. The standard InChI is InChI=1S/C23H25N5O3S/c1-14(2)10-19(28-22(30)17-6-4-5-7-18(17)23(28)31)21(29)26-16-11-25-27(12-16)9-8-20-15(3)24-13-32-20/h4-7,11-14,19H,8-10H2,1-3H3,(H,26,29)/t19-/m0/s1. The Morgan fingerprint density at radius 3 is 2.44 bits per heavy atom. The van der Waals surface area contributed by atoms with E-state index in [1.54, 1.807) is 52.7 Å². The van der Waals surface area contributed by atoms with E-state index in [0.717, 1.165) is 17.0 Å². The Morgan fingerprint density at radius 2 is 1.84 bits per heavy atom. The molecule has 0 bridgehead atoms. The summed E-state index contributed by atoms with van der Waals surface area (Å²) in [6.45, 7) is 6.55. The van der Waals surface area contributed by atoms with Crippen LogP contribution in [0.15, 0.2) is 42.2 Å². The Labute approximate surface area is 190 Å². The molecule has 3 aromatic rings. The molecule has 1 atom stereocenters. The van der Waals surface area contributed by atoms with Crippen LogP contribution < -0.4 is 5.32 Å². The van der Waals surface area contributed by atoms with Crippen molar-refractivity contribution in [2.45, 2.75) is 46.2 Å². The van der Waals surface area contributed by atoms with E-state index in [-0.39, 0.29) is 5.92 Å². The lowest BCUT2D eigenvalue weighted by Gasteiger charge is -2.26. The molecule has 0 saturated heterocycles. The van der Waals surface area contributed by atoms with Crippen LogP contribution in [0.25, 0.3) is 0 Å². The number of amides is 3. The largest absolute Gasteiger partial charge is 0.322 e. The number of carbonyl (C=O) groups excluding carboxylic acids is 3. The van der Waals surface area contributed by atoms with E-state index in [1.807, 2.05) is 26.3 Å². The van der Waals surface area contributed by atoms with Gasteiger partial charge < -0.3 is 5.32 Å². The third kappa shape index (κ3) is 4.34. The van der Waals surface area contributed by atoms with Gasteiger partial charge in [-0.3, -0.25) is 24.0 Å². The van der Waals surface area contributed by atoms with Crippen LogP contribution in [0.4, 0.5) is 5.69 Å². The van der Waals surface area contributed by atoms with Gasteiger partial charge in [0.25, 0.3) is 11.8 Å². The summed E-state index contributed by atoms with van der Waals surface area (Å²) in [6.07, 6.45) is 4.50. The van der Waals surface area contributed by atoms with Crippen molar-refractivity contribution in [3.63, 3.8) is 0 Å². The number of hydrogen-bond donors (Lipinski definition) is 1. The lowest BCUT2D eigenvalue weighted by molar-refractivity contribution is -0.120. The second kappa shape index (κ2) is 9.04. The van der Waals surface area contributed by atoms with Crippen LogP contribution in [0, 0.1) is 12.8 Å². The fourth-order valence-corrected chi connectivity index (χ4v) is 4.60. The first kappa shape index (κ1) is 21.9. The molecule has 3 amide bonds. The van der Waals surface area contributed by atoms with Crippen molar-refractivity contribution in [3.8, 4) is 0 Å². The van der Waals surface area contributed by atoms with E-state index in [2.05, 4.69) is 15.4 Å². The summed E-state index contributed by atoms with van der Waals surface area (Å²) in [4.78, 5) is 45.6. The molecule has 0 unspecified atom stereocenters. The van der Waals surface area contributed by atoms with E-state index in [1.165, 1.54) is 4.88 Å². The molecule has 0 radical (unpaired) electrons. The molecule has 0 aliphatic carbocycles. The quantitative estimate of drug-likeness (QED) is 0.529. The number of rotatable bonds is 8. The van der Waals surface area contributed by atoms with Gasteiger partial charge in [-0.05, 0) is 31.4 Å². The minimum Gasteiger partial charge on any atom is -0.322 e. The lowest BCUT2D eigenvalue weighted by atomic mass is 10.0. The van der Waals surface area contributed by atoms with Crippen LogP contribution in [0.2, 0.25) is 0 Å². The highest BCUT2D eigenvalue weighted by Gasteiger charge is 2.42. The fraction of sp³-hybridized carbons (Fsp3) is 0.348. The second-order valence-corrected chi connectivity index (χ2v) is 9.20. The molecule has 1 N–H and O–H groups in total. The Balaban J connectivity index is 1.48. The Bertz CT molecular complexity index is 1130. The molecular formula is C23H25N5O3S. The Morgan fingerprint density at radius 1 is 1.16 bits per heavy atom. The van der Waals surface area contributed by atoms with Crippen molar-refractivity contribution in [1.82, 2.24) is 19.7 Å². The average Bonchev–Trinajstić information content (AvgIpc) is 3.44. The van der Waals surface area contributed by atoms with E-state index >= 15 is 0 Å². The summed E-state index contributed by atoms with van der Waals surface area (Å²) >= 11 is 1.61. The first-order valence-electron chi connectivity index (χ1n) is 10.5. The molecule has 0 spiro atoms. The van der Waals surface area contributed by atoms with Crippen molar-refractivity contribution in [1.29, 1.82) is 0 Å². The topological polar surface area (TPSA) is 97.2 Å². The van der Waals surface area contributed by atoms with Crippen LogP contribution in [0.1, 0.15) is 51.6 Å². The van der Waals surface area contributed by atoms with Gasteiger partial charge in [0.15, 0.2) is 0 Å². The molecule has 1 aliphatic rings. The molecule has 2 aromatic heterocycles. The number of nitrogens with one attached hydrogen (secondary N) is 1. The molecule has 32 heavy (non-hydrogen) atoms. The van der Waals surface area contributed by atoms with E-state index in [9.17, 15) is 14.4 Å². The molecule has 0 saturated carbocycles. The second-order valence-electron chi connectivity index (χ2n) is 8.26. The monoisotopic (exact) mass is 451 g/mol. The number of imide groups is 1. The van der Waals surface area contributed by atoms with Crippen LogP contribution in [0.5, 0.6) is 0 Å². The molecule has 166 valence electrons. The summed E-state index contributed by atoms with van der Waals surface area (Å²) < 4.78 is 1.76. The van der Waals surface area contributed by atoms with Gasteiger partial charge in [-0.2, -0.15) is 5.10 Å². The third-order valence-electron chi connectivity index (χ3n) is 5.45. The number of hydrogen-bond acceptors (Lipinski definition) is 6. The molecular weight excluding hydrogens is 426 g/mol. The van der Waals surface area contributed by atoms with Gasteiger partial charge in [0.2, 0.25) is 5.91 Å². The van der Waals surface area contributed by atoms with Gasteiger partial charge in [0, 0.05) is 24.0 Å². The maximum absolute atomic E-state index is 13.2. The van der Waals surface area contributed by atoms with E-state index in [0.29, 0.717) is 29.8 Å². The smallest absolute Gasteiger partial charge is 0.262 e. The van der Waals surface area contributed by atoms with Crippen molar-refractivity contribution in [3.05, 3.63) is 63.9 Å². The normalized spacial score (nSPS) is 14.2. The molecule has 8 nitrogen and oxygen atoms in total. The molecule has 9 heteroatoms. The van der Waals surface area contributed by atoms with Gasteiger partial charge in [0.05, 0.1) is 34.2 Å². The van der Waals surface area contributed by atoms with Crippen LogP contribution in [-0.4, -0.2) is 43.4 Å². The summed E-state index contributed by atoms with van der Waals surface area (Å²) in [5.74, 6) is -1.14. The molecule has 4 rings (SSSR count). The molecule has 0 fully saturated rings. The number of benzene rings is 1. The minimum atomic E-state index is -0.898. The summed E-state index contributed by atoms with van der Waals surface area (Å²) in [5, 5.41) is 7.16. The number of aryl methyl sites for hydroxylation is 3. The van der Waals surface area contributed by atoms with Crippen molar-refractivity contribution in [2.24, 2.45) is 5.92 Å². The number of anilines is 1. The zero-order chi connectivity index (χ0) is 22.8. The Hall–Kier alpha value is -3.33. The maximum Gasteiger partial charge on any atom is 0.262 e. The lowest BCUT2D eigenvalue weighted by Crippen LogP contribution is -2.47. The van der Waals surface area contributed by atoms with Gasteiger partial charge in [0.1, 0.15) is 6.04 Å². The first-order valence-corrected chi connectivity index (χ1v) is 11.4. The summed E-state index contributed by atoms with van der Waals surface area (Å²) in [7, 11) is 0. The highest BCUT2D eigenvalue weighted by molar-refractivity contribution is 7.09. The van der Waals surface area contributed by atoms with Crippen molar-refractivity contribution < 1.29 is 14.4 Å². The van der Waals surface area contributed by atoms with Crippen molar-refractivity contribution in [2.75, 3.05) is 5.32 Å². The summed E-state index contributed by atoms with van der Waals surface area (Å²) in [5.41, 5.74) is 4.05. The number of fused-ring (bicyclic) bond motifs is 1. The number of carbonyl (C=O) groups is 3. The fourth-order valence-electron chi connectivity index (χ4n) is 3.83. The van der Waals surface area contributed by atoms with Gasteiger partial charge in [-0.15, -0.1) is 11.3 Å². The van der Waals surface area contributed by atoms with Crippen LogP contribution in [-0.2, 0) is 17.8 Å². The maximum atomic E-state index is 13.2. The highest BCUT2D eigenvalue weighted by atomic mass is 32.1. The van der Waals surface area contributed by atoms with E-state index in [4.69, 9.17) is 0 Å². The molecule has 1 aromatic carbocycles. The zero-order valence-corrected chi connectivity index (χ0v) is 19.1. The number of nitrogens with zero attached hydrogens (tertiary/aromatic N) is 4. The average molecular weight is 452 g/mol. The first-order chi connectivity index (χ1) is 15.3. The third-order valence-corrected chi connectivity index (χ3v) is 6.44. The van der Waals surface area contributed by atoms with Gasteiger partial charge in [-0.1, -0.05) is 26.0 Å². The predicted molar refractivity (Wildman–Crippen MR) is 122 cm³/mol. The highest BCUT2D eigenvalue weighted by Crippen LogP contribution is 2.27. The number of thiazole rings is 1. The molecule has 3 heterocycles. The molecule has 1 aliphatic heterocycles. The van der Waals surface area contributed by atoms with Crippen molar-refractivity contribution >= 4 is 34.7 Å². The van der Waals surface area contributed by atoms with E-state index < -0.39 is 23.8 Å². The Kier molecular flexibility index (Phi) is 6.18. The summed E-state index contributed by atoms with van der Waals surface area (Å²) in [6, 6.07) is 5.77. The number of aromatic nitrogens is 3.